The number of carbonyl (C=O) groups is 1. The van der Waals surface area contributed by atoms with Crippen molar-refractivity contribution >= 4 is 16.9 Å². The number of ether oxygens (including phenoxy) is 1. The maximum Gasteiger partial charge on any atom is 0.307 e. The molecule has 0 unspecified atom stereocenters. The highest BCUT2D eigenvalue weighted by molar-refractivity contribution is 5.90. The van der Waals surface area contributed by atoms with Gasteiger partial charge in [-0.3, -0.25) is 4.79 Å². The number of carboxylic acids is 1. The molecule has 0 fully saturated rings. The van der Waals surface area contributed by atoms with Crippen molar-refractivity contribution in [3.8, 4) is 5.75 Å². The molecule has 0 aliphatic rings. The molecule has 0 aliphatic heterocycles. The molecule has 1 heterocycles. The van der Waals surface area contributed by atoms with Crippen LogP contribution in [0.4, 0.5) is 4.39 Å². The Morgan fingerprint density at radius 2 is 2.10 bits per heavy atom. The molecule has 21 heavy (non-hydrogen) atoms. The Morgan fingerprint density at radius 1 is 1.43 bits per heavy atom. The molecule has 0 spiro atoms. The quantitative estimate of drug-likeness (QED) is 0.916. The molecule has 0 amide bonds. The molecule has 1 N–H and O–H groups in total. The van der Waals surface area contributed by atoms with E-state index in [-0.39, 0.29) is 12.2 Å². The summed E-state index contributed by atoms with van der Waals surface area (Å²) in [5.74, 6) is -1.37. The van der Waals surface area contributed by atoms with E-state index in [1.54, 1.807) is 12.1 Å². The first-order chi connectivity index (χ1) is 9.86. The molecule has 0 radical (unpaired) electrons. The van der Waals surface area contributed by atoms with Gasteiger partial charge in [-0.2, -0.15) is 0 Å². The summed E-state index contributed by atoms with van der Waals surface area (Å²) < 4.78 is 21.4. The molecule has 0 aliphatic carbocycles. The van der Waals surface area contributed by atoms with Crippen LogP contribution in [0.5, 0.6) is 5.75 Å². The van der Waals surface area contributed by atoms with E-state index >= 15 is 0 Å². The fraction of sp³-hybridized carbons (Fsp3) is 0.400. The largest absolute Gasteiger partial charge is 0.494 e. The van der Waals surface area contributed by atoms with Crippen LogP contribution < -0.4 is 4.74 Å². The van der Waals surface area contributed by atoms with Gasteiger partial charge >= 0.3 is 5.97 Å². The first-order valence-corrected chi connectivity index (χ1v) is 6.56. The molecule has 0 bridgehead atoms. The predicted octanol–water partition coefficient (Wildman–Crippen LogP) is 2.01. The molecular formula is C15H19FN2O3. The van der Waals surface area contributed by atoms with Gasteiger partial charge in [-0.25, -0.2) is 4.39 Å². The van der Waals surface area contributed by atoms with Crippen molar-refractivity contribution in [3.63, 3.8) is 0 Å². The van der Waals surface area contributed by atoms with Gasteiger partial charge in [0, 0.05) is 24.7 Å². The summed E-state index contributed by atoms with van der Waals surface area (Å²) in [7, 11) is 6.99. The fourth-order valence-corrected chi connectivity index (χ4v) is 2.61. The summed E-state index contributed by atoms with van der Waals surface area (Å²) in [5, 5.41) is 9.46. The zero-order chi connectivity index (χ0) is 15.7. The highest BCUT2D eigenvalue weighted by Gasteiger charge is 2.22. The Kier molecular flexibility index (Phi) is 4.18. The van der Waals surface area contributed by atoms with Crippen molar-refractivity contribution in [1.29, 1.82) is 0 Å². The van der Waals surface area contributed by atoms with E-state index in [0.29, 0.717) is 23.0 Å². The molecule has 1 aromatic carbocycles. The monoisotopic (exact) mass is 294 g/mol. The number of methoxy groups -OCH3 is 1. The highest BCUT2D eigenvalue weighted by atomic mass is 19.1. The van der Waals surface area contributed by atoms with Gasteiger partial charge in [0.25, 0.3) is 0 Å². The van der Waals surface area contributed by atoms with Gasteiger partial charge in [0.05, 0.1) is 19.0 Å². The molecule has 0 atom stereocenters. The SMILES string of the molecule is COc1ccc2c(c1F)c(CC(=O)O)c(CN(C)C)n2C. The third-order valence-corrected chi connectivity index (χ3v) is 3.51. The summed E-state index contributed by atoms with van der Waals surface area (Å²) in [6.45, 7) is 0.537. The van der Waals surface area contributed by atoms with Crippen LogP contribution in [-0.2, 0) is 24.8 Å². The van der Waals surface area contributed by atoms with E-state index in [4.69, 9.17) is 9.84 Å². The van der Waals surface area contributed by atoms with E-state index in [1.165, 1.54) is 7.11 Å². The molecule has 1 aromatic heterocycles. The second kappa shape index (κ2) is 5.73. The van der Waals surface area contributed by atoms with Crippen molar-refractivity contribution in [3.05, 3.63) is 29.2 Å². The zero-order valence-electron chi connectivity index (χ0n) is 12.6. The number of aromatic nitrogens is 1. The smallest absolute Gasteiger partial charge is 0.307 e. The Hall–Kier alpha value is -2.08. The molecule has 6 heteroatoms. The number of hydrogen-bond donors (Lipinski definition) is 1. The summed E-state index contributed by atoms with van der Waals surface area (Å²) in [6, 6.07) is 3.31. The third kappa shape index (κ3) is 2.71. The van der Waals surface area contributed by atoms with Gasteiger partial charge in [-0.15, -0.1) is 0 Å². The molecule has 114 valence electrons. The van der Waals surface area contributed by atoms with Crippen molar-refractivity contribution in [2.24, 2.45) is 7.05 Å². The van der Waals surface area contributed by atoms with E-state index in [2.05, 4.69) is 0 Å². The first-order valence-electron chi connectivity index (χ1n) is 6.56. The number of rotatable bonds is 5. The molecule has 0 saturated carbocycles. The van der Waals surface area contributed by atoms with Crippen molar-refractivity contribution in [1.82, 2.24) is 9.47 Å². The molecular weight excluding hydrogens is 275 g/mol. The van der Waals surface area contributed by atoms with Crippen LogP contribution >= 0.6 is 0 Å². The highest BCUT2D eigenvalue weighted by Crippen LogP contribution is 2.33. The minimum atomic E-state index is -0.982. The number of nitrogens with zero attached hydrogens (tertiary/aromatic N) is 2. The number of carboxylic acid groups (broad SMARTS) is 1. The maximum absolute atomic E-state index is 14.6. The van der Waals surface area contributed by atoms with Crippen molar-refractivity contribution in [2.75, 3.05) is 21.2 Å². The first kappa shape index (κ1) is 15.3. The minimum absolute atomic E-state index is 0.121. The summed E-state index contributed by atoms with van der Waals surface area (Å²) >= 11 is 0. The zero-order valence-corrected chi connectivity index (χ0v) is 12.6. The Morgan fingerprint density at radius 3 is 2.62 bits per heavy atom. The summed E-state index contributed by atoms with van der Waals surface area (Å²) in [6.07, 6.45) is -0.218. The normalized spacial score (nSPS) is 11.3. The van der Waals surface area contributed by atoms with Crippen LogP contribution in [0.2, 0.25) is 0 Å². The van der Waals surface area contributed by atoms with E-state index in [0.717, 1.165) is 5.69 Å². The van der Waals surface area contributed by atoms with Crippen LogP contribution in [-0.4, -0.2) is 41.7 Å². The lowest BCUT2D eigenvalue weighted by Crippen LogP contribution is -2.16. The lowest BCUT2D eigenvalue weighted by molar-refractivity contribution is -0.136. The molecule has 0 saturated heterocycles. The number of benzene rings is 1. The molecule has 2 rings (SSSR count). The van der Waals surface area contributed by atoms with Gasteiger partial charge < -0.3 is 19.3 Å². The van der Waals surface area contributed by atoms with Crippen LogP contribution in [0, 0.1) is 5.82 Å². The van der Waals surface area contributed by atoms with Crippen molar-refractivity contribution in [2.45, 2.75) is 13.0 Å². The van der Waals surface area contributed by atoms with E-state index < -0.39 is 11.8 Å². The van der Waals surface area contributed by atoms with Crippen LogP contribution in [0.3, 0.4) is 0 Å². The van der Waals surface area contributed by atoms with Gasteiger partial charge in [-0.1, -0.05) is 0 Å². The number of aliphatic carboxylic acids is 1. The second-order valence-electron chi connectivity index (χ2n) is 5.27. The van der Waals surface area contributed by atoms with E-state index in [1.807, 2.05) is 30.6 Å². The molecule has 5 nitrogen and oxygen atoms in total. The third-order valence-electron chi connectivity index (χ3n) is 3.51. The second-order valence-corrected chi connectivity index (χ2v) is 5.27. The maximum atomic E-state index is 14.6. The number of fused-ring (bicyclic) bond motifs is 1. The van der Waals surface area contributed by atoms with Crippen molar-refractivity contribution < 1.29 is 19.0 Å². The Labute approximate surface area is 122 Å². The fourth-order valence-electron chi connectivity index (χ4n) is 2.61. The van der Waals surface area contributed by atoms with Gasteiger partial charge in [0.2, 0.25) is 0 Å². The minimum Gasteiger partial charge on any atom is -0.494 e. The Balaban J connectivity index is 2.79. The number of aryl methyl sites for hydroxylation is 1. The van der Waals surface area contributed by atoms with Crippen LogP contribution in [0.1, 0.15) is 11.3 Å². The summed E-state index contributed by atoms with van der Waals surface area (Å²) in [4.78, 5) is 13.1. The standard InChI is InChI=1S/C15H19FN2O3/c1-17(2)8-11-9(7-13(19)20)14-10(18(11)3)5-6-12(21-4)15(14)16/h5-6H,7-8H2,1-4H3,(H,19,20). The van der Waals surface area contributed by atoms with E-state index in [9.17, 15) is 9.18 Å². The topological polar surface area (TPSA) is 54.7 Å². The lowest BCUT2D eigenvalue weighted by atomic mass is 10.1. The van der Waals surface area contributed by atoms with Gasteiger partial charge in [-0.05, 0) is 31.8 Å². The van der Waals surface area contributed by atoms with Crippen LogP contribution in [0.15, 0.2) is 12.1 Å². The average molecular weight is 294 g/mol. The predicted molar refractivity (Wildman–Crippen MR) is 78.2 cm³/mol. The average Bonchev–Trinajstić information content (AvgIpc) is 2.64. The number of halogens is 1. The van der Waals surface area contributed by atoms with Gasteiger partial charge in [0.15, 0.2) is 11.6 Å². The number of hydrogen-bond acceptors (Lipinski definition) is 3. The Bertz CT molecular complexity index is 692. The summed E-state index contributed by atoms with van der Waals surface area (Å²) in [5.41, 5.74) is 1.97. The van der Waals surface area contributed by atoms with Gasteiger partial charge in [0.1, 0.15) is 0 Å². The van der Waals surface area contributed by atoms with Crippen LogP contribution in [0.25, 0.3) is 10.9 Å². The lowest BCUT2D eigenvalue weighted by Gasteiger charge is -2.12. The molecule has 2 aromatic rings.